The van der Waals surface area contributed by atoms with Gasteiger partial charge in [-0.15, -0.1) is 0 Å². The van der Waals surface area contributed by atoms with Crippen LogP contribution in [0, 0.1) is 12.7 Å². The van der Waals surface area contributed by atoms with Crippen LogP contribution in [0.4, 0.5) is 4.39 Å². The molecule has 2 rings (SSSR count). The van der Waals surface area contributed by atoms with Gasteiger partial charge < -0.3 is 5.73 Å². The summed E-state index contributed by atoms with van der Waals surface area (Å²) in [6, 6.07) is 3.62. The predicted octanol–water partition coefficient (Wildman–Crippen LogP) is 3.42. The van der Waals surface area contributed by atoms with Crippen LogP contribution >= 0.6 is 0 Å². The normalized spacial score (nSPS) is 19.0. The molecule has 0 spiro atoms. The lowest BCUT2D eigenvalue weighted by Crippen LogP contribution is -2.34. The maximum atomic E-state index is 13.6. The Morgan fingerprint density at radius 2 is 1.94 bits per heavy atom. The third-order valence-corrected chi connectivity index (χ3v) is 3.81. The van der Waals surface area contributed by atoms with E-state index in [0.717, 1.165) is 36.0 Å². The Bertz CT molecular complexity index is 392. The Hall–Kier alpha value is -0.890. The van der Waals surface area contributed by atoms with Gasteiger partial charge in [-0.2, -0.15) is 0 Å². The summed E-state index contributed by atoms with van der Waals surface area (Å²) in [6.45, 7) is 3.94. The fourth-order valence-corrected chi connectivity index (χ4v) is 2.80. The molecule has 2 heteroatoms. The van der Waals surface area contributed by atoms with E-state index in [-0.39, 0.29) is 11.4 Å². The number of benzene rings is 1. The second-order valence-corrected chi connectivity index (χ2v) is 4.98. The van der Waals surface area contributed by atoms with Gasteiger partial charge in [0.15, 0.2) is 0 Å². The van der Waals surface area contributed by atoms with Crippen molar-refractivity contribution in [3.8, 4) is 0 Å². The first kappa shape index (κ1) is 11.6. The minimum absolute atomic E-state index is 0.0923. The Labute approximate surface area is 96.9 Å². The largest absolute Gasteiger partial charge is 0.321 e. The highest BCUT2D eigenvalue weighted by molar-refractivity contribution is 5.38. The van der Waals surface area contributed by atoms with Gasteiger partial charge in [0, 0.05) is 5.54 Å². The molecule has 0 unspecified atom stereocenters. The maximum Gasteiger partial charge on any atom is 0.126 e. The van der Waals surface area contributed by atoms with E-state index >= 15 is 0 Å². The molecule has 88 valence electrons. The highest BCUT2D eigenvalue weighted by Crippen LogP contribution is 2.38. The van der Waals surface area contributed by atoms with Crippen LogP contribution in [0.25, 0.3) is 0 Å². The molecule has 1 aliphatic rings. The number of hydrogen-bond donors (Lipinski definition) is 1. The van der Waals surface area contributed by atoms with E-state index in [1.54, 1.807) is 6.07 Å². The first-order chi connectivity index (χ1) is 7.57. The standard InChI is InChI=1S/C14H20FN/c1-3-11-9-12(10(2)8-13(11)15)14(16)6-4-5-7-14/h8-9H,3-7,16H2,1-2H3. The molecule has 0 saturated heterocycles. The van der Waals surface area contributed by atoms with Gasteiger partial charge in [-0.1, -0.05) is 25.8 Å². The van der Waals surface area contributed by atoms with Gasteiger partial charge in [-0.05, 0) is 48.9 Å². The number of rotatable bonds is 2. The molecule has 0 bridgehead atoms. The highest BCUT2D eigenvalue weighted by atomic mass is 19.1. The van der Waals surface area contributed by atoms with Crippen LogP contribution in [0.15, 0.2) is 12.1 Å². The molecule has 16 heavy (non-hydrogen) atoms. The van der Waals surface area contributed by atoms with Crippen molar-refractivity contribution < 1.29 is 4.39 Å². The van der Waals surface area contributed by atoms with Gasteiger partial charge in [0.2, 0.25) is 0 Å². The molecule has 0 aromatic heterocycles. The average Bonchev–Trinajstić information content (AvgIpc) is 2.66. The van der Waals surface area contributed by atoms with Crippen molar-refractivity contribution >= 4 is 0 Å². The fourth-order valence-electron chi connectivity index (χ4n) is 2.80. The Morgan fingerprint density at radius 1 is 1.31 bits per heavy atom. The van der Waals surface area contributed by atoms with Crippen LogP contribution in [-0.4, -0.2) is 0 Å². The average molecular weight is 221 g/mol. The second kappa shape index (κ2) is 4.17. The summed E-state index contributed by atoms with van der Waals surface area (Å²) in [5.74, 6) is -0.0923. The summed E-state index contributed by atoms with van der Waals surface area (Å²) < 4.78 is 13.6. The van der Waals surface area contributed by atoms with Crippen LogP contribution in [0.2, 0.25) is 0 Å². The Balaban J connectivity index is 2.47. The molecule has 0 aliphatic heterocycles. The van der Waals surface area contributed by atoms with E-state index in [0.29, 0.717) is 0 Å². The van der Waals surface area contributed by atoms with E-state index in [1.807, 2.05) is 19.9 Å². The maximum absolute atomic E-state index is 13.6. The molecule has 1 nitrogen and oxygen atoms in total. The van der Waals surface area contributed by atoms with E-state index in [9.17, 15) is 4.39 Å². The van der Waals surface area contributed by atoms with Crippen molar-refractivity contribution in [3.63, 3.8) is 0 Å². The molecule has 0 atom stereocenters. The molecular formula is C14H20FN. The lowest BCUT2D eigenvalue weighted by molar-refractivity contribution is 0.457. The third-order valence-electron chi connectivity index (χ3n) is 3.81. The zero-order chi connectivity index (χ0) is 11.8. The summed E-state index contributed by atoms with van der Waals surface area (Å²) in [7, 11) is 0. The topological polar surface area (TPSA) is 26.0 Å². The number of halogens is 1. The molecule has 1 aromatic rings. The molecule has 1 fully saturated rings. The van der Waals surface area contributed by atoms with Crippen molar-refractivity contribution in [3.05, 3.63) is 34.6 Å². The molecule has 0 heterocycles. The monoisotopic (exact) mass is 221 g/mol. The Morgan fingerprint density at radius 3 is 2.50 bits per heavy atom. The van der Waals surface area contributed by atoms with E-state index in [2.05, 4.69) is 0 Å². The van der Waals surface area contributed by atoms with Crippen molar-refractivity contribution in [2.24, 2.45) is 5.73 Å². The fraction of sp³-hybridized carbons (Fsp3) is 0.571. The van der Waals surface area contributed by atoms with E-state index in [1.165, 1.54) is 12.8 Å². The number of nitrogens with two attached hydrogens (primary N) is 1. The zero-order valence-electron chi connectivity index (χ0n) is 10.1. The molecule has 0 amide bonds. The lowest BCUT2D eigenvalue weighted by atomic mass is 9.85. The Kier molecular flexibility index (Phi) is 3.02. The summed E-state index contributed by atoms with van der Waals surface area (Å²) in [6.07, 6.45) is 5.17. The zero-order valence-corrected chi connectivity index (χ0v) is 10.1. The molecule has 1 aromatic carbocycles. The number of aryl methyl sites for hydroxylation is 2. The minimum atomic E-state index is -0.207. The van der Waals surface area contributed by atoms with Gasteiger partial charge in [-0.3, -0.25) is 0 Å². The first-order valence-electron chi connectivity index (χ1n) is 6.15. The molecule has 2 N–H and O–H groups in total. The molecular weight excluding hydrogens is 201 g/mol. The number of hydrogen-bond acceptors (Lipinski definition) is 1. The SMILES string of the molecule is CCc1cc(C2(N)CCCC2)c(C)cc1F. The second-order valence-electron chi connectivity index (χ2n) is 4.98. The van der Waals surface area contributed by atoms with Gasteiger partial charge >= 0.3 is 0 Å². The van der Waals surface area contributed by atoms with Gasteiger partial charge in [0.25, 0.3) is 0 Å². The molecule has 1 saturated carbocycles. The van der Waals surface area contributed by atoms with Crippen molar-refractivity contribution in [2.75, 3.05) is 0 Å². The minimum Gasteiger partial charge on any atom is -0.321 e. The molecule has 1 aliphatic carbocycles. The first-order valence-corrected chi connectivity index (χ1v) is 6.15. The van der Waals surface area contributed by atoms with Crippen LogP contribution in [0.3, 0.4) is 0 Å². The van der Waals surface area contributed by atoms with E-state index in [4.69, 9.17) is 5.73 Å². The van der Waals surface area contributed by atoms with Crippen molar-refractivity contribution in [2.45, 2.75) is 51.5 Å². The quantitative estimate of drug-likeness (QED) is 0.813. The highest BCUT2D eigenvalue weighted by Gasteiger charge is 2.32. The van der Waals surface area contributed by atoms with Crippen LogP contribution in [0.5, 0.6) is 0 Å². The summed E-state index contributed by atoms with van der Waals surface area (Å²) >= 11 is 0. The van der Waals surface area contributed by atoms with Crippen LogP contribution in [-0.2, 0) is 12.0 Å². The van der Waals surface area contributed by atoms with Crippen molar-refractivity contribution in [1.29, 1.82) is 0 Å². The smallest absolute Gasteiger partial charge is 0.126 e. The molecule has 0 radical (unpaired) electrons. The summed E-state index contributed by atoms with van der Waals surface area (Å²) in [5, 5.41) is 0. The summed E-state index contributed by atoms with van der Waals surface area (Å²) in [5.41, 5.74) is 9.17. The summed E-state index contributed by atoms with van der Waals surface area (Å²) in [4.78, 5) is 0. The van der Waals surface area contributed by atoms with Gasteiger partial charge in [0.1, 0.15) is 5.82 Å². The van der Waals surface area contributed by atoms with Gasteiger partial charge in [0.05, 0.1) is 0 Å². The van der Waals surface area contributed by atoms with Crippen LogP contribution < -0.4 is 5.73 Å². The predicted molar refractivity (Wildman–Crippen MR) is 64.8 cm³/mol. The lowest BCUT2D eigenvalue weighted by Gasteiger charge is -2.27. The van der Waals surface area contributed by atoms with Crippen molar-refractivity contribution in [1.82, 2.24) is 0 Å². The third kappa shape index (κ3) is 1.86. The van der Waals surface area contributed by atoms with Crippen LogP contribution in [0.1, 0.15) is 49.3 Å². The van der Waals surface area contributed by atoms with Gasteiger partial charge in [-0.25, -0.2) is 4.39 Å². The van der Waals surface area contributed by atoms with E-state index < -0.39 is 0 Å².